The number of halogens is 2. The van der Waals surface area contributed by atoms with Crippen LogP contribution in [-0.4, -0.2) is 25.8 Å². The van der Waals surface area contributed by atoms with E-state index in [1.165, 1.54) is 36.8 Å². The quantitative estimate of drug-likeness (QED) is 0.264. The summed E-state index contributed by atoms with van der Waals surface area (Å²) in [5, 5.41) is 10.9. The highest BCUT2D eigenvalue weighted by molar-refractivity contribution is 6.30. The van der Waals surface area contributed by atoms with Gasteiger partial charge in [0.25, 0.3) is 0 Å². The summed E-state index contributed by atoms with van der Waals surface area (Å²) in [6.07, 6.45) is 4.42. The minimum Gasteiger partial charge on any atom is -0.472 e. The Bertz CT molecular complexity index is 1510. The predicted octanol–water partition coefficient (Wildman–Crippen LogP) is 6.34. The molecule has 5 rings (SSSR count). The molecule has 0 aliphatic rings. The van der Waals surface area contributed by atoms with Crippen LogP contribution >= 0.6 is 11.6 Å². The number of anilines is 2. The Morgan fingerprint density at radius 1 is 0.973 bits per heavy atom. The van der Waals surface area contributed by atoms with Crippen LogP contribution in [0.1, 0.15) is 5.56 Å². The normalized spacial score (nSPS) is 10.6. The van der Waals surface area contributed by atoms with Crippen LogP contribution in [0.4, 0.5) is 20.7 Å². The van der Waals surface area contributed by atoms with E-state index in [4.69, 9.17) is 16.3 Å². The molecule has 5 aromatic rings. The van der Waals surface area contributed by atoms with Gasteiger partial charge in [-0.15, -0.1) is 0 Å². The van der Waals surface area contributed by atoms with Gasteiger partial charge in [0.1, 0.15) is 18.2 Å². The minimum absolute atomic E-state index is 0.0765. The van der Waals surface area contributed by atoms with Crippen LogP contribution in [0.5, 0.6) is 5.88 Å². The van der Waals surface area contributed by atoms with Gasteiger partial charge in [-0.1, -0.05) is 41.9 Å². The Labute approximate surface area is 216 Å². The van der Waals surface area contributed by atoms with Crippen molar-refractivity contribution in [1.82, 2.24) is 19.7 Å². The highest BCUT2D eigenvalue weighted by Gasteiger charge is 2.15. The van der Waals surface area contributed by atoms with Crippen LogP contribution in [0.3, 0.4) is 0 Å². The van der Waals surface area contributed by atoms with Crippen LogP contribution in [0.2, 0.25) is 5.02 Å². The number of urea groups is 1. The molecule has 10 heteroatoms. The van der Waals surface area contributed by atoms with Gasteiger partial charge < -0.3 is 10.1 Å². The molecule has 0 unspecified atom stereocenters. The highest BCUT2D eigenvalue weighted by atomic mass is 35.5. The zero-order valence-corrected chi connectivity index (χ0v) is 20.1. The Morgan fingerprint density at radius 2 is 1.78 bits per heavy atom. The van der Waals surface area contributed by atoms with E-state index in [9.17, 15) is 9.18 Å². The van der Waals surface area contributed by atoms with Crippen LogP contribution in [0.15, 0.2) is 97.5 Å². The van der Waals surface area contributed by atoms with E-state index >= 15 is 0 Å². The first-order valence-corrected chi connectivity index (χ1v) is 11.6. The zero-order valence-electron chi connectivity index (χ0n) is 19.3. The minimum atomic E-state index is -0.521. The number of amides is 2. The van der Waals surface area contributed by atoms with E-state index in [0.29, 0.717) is 22.2 Å². The van der Waals surface area contributed by atoms with Crippen molar-refractivity contribution < 1.29 is 13.9 Å². The van der Waals surface area contributed by atoms with Gasteiger partial charge in [0.2, 0.25) is 5.88 Å². The SMILES string of the molecule is O=C(Nc1ccc(F)c(COc2cnccn2)c1)Nc1cc(-c2ccc(Cl)cc2)nn1-c1ccccc1. The second-order valence-electron chi connectivity index (χ2n) is 7.89. The van der Waals surface area contributed by atoms with Crippen molar-refractivity contribution in [2.45, 2.75) is 6.61 Å². The van der Waals surface area contributed by atoms with Gasteiger partial charge in [0.15, 0.2) is 0 Å². The monoisotopic (exact) mass is 514 g/mol. The van der Waals surface area contributed by atoms with Gasteiger partial charge in [0, 0.05) is 40.3 Å². The number of rotatable bonds is 7. The highest BCUT2D eigenvalue weighted by Crippen LogP contribution is 2.26. The largest absolute Gasteiger partial charge is 0.472 e. The molecule has 2 aromatic heterocycles. The van der Waals surface area contributed by atoms with Crippen molar-refractivity contribution in [1.29, 1.82) is 0 Å². The molecule has 0 atom stereocenters. The zero-order chi connectivity index (χ0) is 25.6. The lowest BCUT2D eigenvalue weighted by molar-refractivity contribution is 0.262. The van der Waals surface area contributed by atoms with E-state index in [-0.39, 0.29) is 18.1 Å². The molecular weight excluding hydrogens is 495 g/mol. The second-order valence-corrected chi connectivity index (χ2v) is 8.32. The predicted molar refractivity (Wildman–Crippen MR) is 139 cm³/mol. The number of carbonyl (C=O) groups excluding carboxylic acids is 1. The number of carbonyl (C=O) groups is 1. The van der Waals surface area contributed by atoms with Gasteiger partial charge in [-0.05, 0) is 42.5 Å². The number of hydrogen-bond donors (Lipinski definition) is 2. The summed E-state index contributed by atoms with van der Waals surface area (Å²) in [6.45, 7) is -0.0765. The molecule has 0 bridgehead atoms. The number of hydrogen-bond acceptors (Lipinski definition) is 5. The average Bonchev–Trinajstić information content (AvgIpc) is 3.34. The standard InChI is InChI=1S/C27H20ClFN6O2/c28-20-8-6-18(7-9-20)24-15-25(35(34-24)22-4-2-1-3-5-22)33-27(36)32-21-10-11-23(29)19(14-21)17-37-26-16-30-12-13-31-26/h1-16H,17H2,(H2,32,33,36). The molecule has 0 saturated carbocycles. The third kappa shape index (κ3) is 5.91. The van der Waals surface area contributed by atoms with E-state index in [2.05, 4.69) is 25.7 Å². The van der Waals surface area contributed by atoms with Crippen LogP contribution < -0.4 is 15.4 Å². The lowest BCUT2D eigenvalue weighted by Gasteiger charge is -2.11. The molecule has 0 saturated heterocycles. The van der Waals surface area contributed by atoms with E-state index in [0.717, 1.165) is 11.3 Å². The molecular formula is C27H20ClFN6O2. The summed E-state index contributed by atoms with van der Waals surface area (Å²) < 4.78 is 21.4. The molecule has 0 radical (unpaired) electrons. The Kier molecular flexibility index (Phi) is 7.05. The van der Waals surface area contributed by atoms with Crippen molar-refractivity contribution in [3.63, 3.8) is 0 Å². The topological polar surface area (TPSA) is 94.0 Å². The van der Waals surface area contributed by atoms with E-state index in [1.807, 2.05) is 42.5 Å². The molecule has 184 valence electrons. The Hall–Kier alpha value is -4.76. The second kappa shape index (κ2) is 10.9. The summed E-state index contributed by atoms with van der Waals surface area (Å²) in [6, 6.07) is 22.1. The van der Waals surface area contributed by atoms with Gasteiger partial charge in [0.05, 0.1) is 17.6 Å². The first-order valence-electron chi connectivity index (χ1n) is 11.2. The molecule has 0 fully saturated rings. The maximum Gasteiger partial charge on any atom is 0.324 e. The third-order valence-electron chi connectivity index (χ3n) is 5.31. The first kappa shape index (κ1) is 24.0. The van der Waals surface area contributed by atoms with E-state index in [1.54, 1.807) is 22.9 Å². The number of aromatic nitrogens is 4. The number of ether oxygens (including phenoxy) is 1. The summed E-state index contributed by atoms with van der Waals surface area (Å²) >= 11 is 6.02. The number of para-hydroxylation sites is 1. The van der Waals surface area contributed by atoms with Crippen LogP contribution in [0.25, 0.3) is 16.9 Å². The molecule has 37 heavy (non-hydrogen) atoms. The van der Waals surface area contributed by atoms with Gasteiger partial charge >= 0.3 is 6.03 Å². The van der Waals surface area contributed by atoms with Gasteiger partial charge in [-0.2, -0.15) is 5.10 Å². The van der Waals surface area contributed by atoms with Crippen molar-refractivity contribution >= 4 is 29.1 Å². The molecule has 2 N–H and O–H groups in total. The molecule has 8 nitrogen and oxygen atoms in total. The van der Waals surface area contributed by atoms with Gasteiger partial charge in [-0.25, -0.2) is 18.9 Å². The summed E-state index contributed by atoms with van der Waals surface area (Å²) in [4.78, 5) is 20.8. The molecule has 0 spiro atoms. The molecule has 0 aliphatic heterocycles. The average molecular weight is 515 g/mol. The fraction of sp³-hybridized carbons (Fsp3) is 0.0370. The molecule has 0 aliphatic carbocycles. The number of nitrogens with zero attached hydrogens (tertiary/aromatic N) is 4. The third-order valence-corrected chi connectivity index (χ3v) is 5.56. The molecule has 3 aromatic carbocycles. The van der Waals surface area contributed by atoms with Crippen molar-refractivity contribution in [3.8, 4) is 22.8 Å². The molecule has 2 heterocycles. The lowest BCUT2D eigenvalue weighted by Crippen LogP contribution is -2.21. The number of benzene rings is 3. The first-order chi connectivity index (χ1) is 18.0. The fourth-order valence-corrected chi connectivity index (χ4v) is 3.68. The van der Waals surface area contributed by atoms with Crippen LogP contribution in [0, 0.1) is 5.82 Å². The van der Waals surface area contributed by atoms with Gasteiger partial charge in [-0.3, -0.25) is 10.3 Å². The van der Waals surface area contributed by atoms with Crippen molar-refractivity contribution in [2.24, 2.45) is 0 Å². The van der Waals surface area contributed by atoms with Crippen molar-refractivity contribution in [2.75, 3.05) is 10.6 Å². The Balaban J connectivity index is 1.35. The lowest BCUT2D eigenvalue weighted by atomic mass is 10.1. The van der Waals surface area contributed by atoms with Crippen LogP contribution in [-0.2, 0) is 6.61 Å². The smallest absolute Gasteiger partial charge is 0.324 e. The maximum atomic E-state index is 14.3. The fourth-order valence-electron chi connectivity index (χ4n) is 3.55. The Morgan fingerprint density at radius 3 is 2.54 bits per heavy atom. The summed E-state index contributed by atoms with van der Waals surface area (Å²) in [5.41, 5.74) is 2.90. The summed E-state index contributed by atoms with van der Waals surface area (Å²) in [7, 11) is 0. The summed E-state index contributed by atoms with van der Waals surface area (Å²) in [5.74, 6) is 0.246. The maximum absolute atomic E-state index is 14.3. The number of nitrogens with one attached hydrogen (secondary N) is 2. The van der Waals surface area contributed by atoms with Crippen molar-refractivity contribution in [3.05, 3.63) is 114 Å². The molecule has 2 amide bonds. The van der Waals surface area contributed by atoms with E-state index < -0.39 is 11.8 Å².